The largest absolute Gasteiger partial charge is 0.395 e. The number of hydrogen-bond acceptors (Lipinski definition) is 10. The zero-order chi connectivity index (χ0) is 30.0. The van der Waals surface area contributed by atoms with Crippen LogP contribution < -0.4 is 0 Å². The highest BCUT2D eigenvalue weighted by Gasteiger charge is 2.35. The van der Waals surface area contributed by atoms with Crippen LogP contribution in [0.2, 0.25) is 25.2 Å². The summed E-state index contributed by atoms with van der Waals surface area (Å²) in [7, 11) is -0.671. The number of benzene rings is 2. The maximum absolute atomic E-state index is 6.22. The average Bonchev–Trinajstić information content (AvgIpc) is 3.59. The first-order valence-electron chi connectivity index (χ1n) is 14.9. The molecule has 12 heteroatoms. The lowest BCUT2D eigenvalue weighted by Crippen LogP contribution is -2.39. The van der Waals surface area contributed by atoms with Crippen molar-refractivity contribution in [1.82, 2.24) is 9.97 Å². The van der Waals surface area contributed by atoms with E-state index in [-0.39, 0.29) is 10.5 Å². The fourth-order valence-electron chi connectivity index (χ4n) is 4.99. The van der Waals surface area contributed by atoms with E-state index in [1.165, 1.54) is 19.4 Å². The monoisotopic (exact) mass is 680 g/mol. The van der Waals surface area contributed by atoms with Gasteiger partial charge in [-0.3, -0.25) is 0 Å². The summed E-state index contributed by atoms with van der Waals surface area (Å²) in [5.74, 6) is 0. The van der Waals surface area contributed by atoms with E-state index in [4.69, 9.17) is 27.7 Å². The van der Waals surface area contributed by atoms with Crippen molar-refractivity contribution in [3.63, 3.8) is 0 Å². The Hall–Kier alpha value is -0.806. The number of thiazole rings is 2. The highest BCUT2D eigenvalue weighted by atomic mass is 33.1. The van der Waals surface area contributed by atoms with Crippen LogP contribution in [0.15, 0.2) is 48.5 Å². The third kappa shape index (κ3) is 9.35. The predicted molar refractivity (Wildman–Crippen MR) is 188 cm³/mol. The van der Waals surface area contributed by atoms with Gasteiger partial charge >= 0.3 is 17.1 Å². The van der Waals surface area contributed by atoms with Crippen LogP contribution in [0.25, 0.3) is 20.4 Å². The van der Waals surface area contributed by atoms with Gasteiger partial charge in [0.05, 0.1) is 30.9 Å². The number of para-hydroxylation sites is 2. The van der Waals surface area contributed by atoms with Gasteiger partial charge in [-0.2, -0.15) is 0 Å². The maximum atomic E-state index is 6.22. The smallest absolute Gasteiger partial charge is 0.334 e. The van der Waals surface area contributed by atoms with Gasteiger partial charge in [0.2, 0.25) is 0 Å². The van der Waals surface area contributed by atoms with Crippen LogP contribution in [0.3, 0.4) is 0 Å². The van der Waals surface area contributed by atoms with E-state index in [9.17, 15) is 0 Å². The molecule has 2 aromatic carbocycles. The molecule has 6 nitrogen and oxygen atoms in total. The van der Waals surface area contributed by atoms with Crippen LogP contribution >= 0.6 is 44.3 Å². The quantitative estimate of drug-likeness (QED) is 0.0716. The van der Waals surface area contributed by atoms with Crippen molar-refractivity contribution < 1.29 is 17.7 Å². The second-order valence-electron chi connectivity index (χ2n) is 10.3. The Morgan fingerprint density at radius 2 is 0.976 bits per heavy atom. The van der Waals surface area contributed by atoms with Gasteiger partial charge in [0.25, 0.3) is 0 Å². The van der Waals surface area contributed by atoms with Crippen LogP contribution in [0, 0.1) is 0 Å². The molecule has 0 spiro atoms. The fraction of sp³-hybridized carbons (Fsp3) is 0.533. The minimum atomic E-state index is -2.27. The molecule has 0 N–H and O–H groups in total. The summed E-state index contributed by atoms with van der Waals surface area (Å²) < 4.78 is 27.3. The zero-order valence-corrected chi connectivity index (χ0v) is 30.9. The third-order valence-electron chi connectivity index (χ3n) is 6.98. The van der Waals surface area contributed by atoms with E-state index >= 15 is 0 Å². The summed E-state index contributed by atoms with van der Waals surface area (Å²) in [6.07, 6.45) is 1.91. The van der Waals surface area contributed by atoms with Crippen molar-refractivity contribution in [2.75, 3.05) is 26.4 Å². The van der Waals surface area contributed by atoms with Crippen molar-refractivity contribution in [2.45, 2.75) is 76.2 Å². The van der Waals surface area contributed by atoms with E-state index in [0.29, 0.717) is 26.4 Å². The Morgan fingerprint density at radius 3 is 1.31 bits per heavy atom. The molecule has 0 aliphatic rings. The highest BCUT2D eigenvalue weighted by molar-refractivity contribution is 8.76. The highest BCUT2D eigenvalue weighted by Crippen LogP contribution is 2.52. The van der Waals surface area contributed by atoms with Crippen molar-refractivity contribution in [2.24, 2.45) is 0 Å². The molecule has 2 aromatic heterocycles. The standard InChI is InChI=1S/C30H44N2O4S4Si2/c1-7-33-41(5,34-8-2)21-19-27(29-31-23-15-11-13-17-25(23)37-29)39-40-28(20-22-42(6,35-9-3)36-10-4)30-32-24-16-12-14-18-26(24)38-30/h11-18,27-28H,7-10,19-22H2,1-6H3. The van der Waals surface area contributed by atoms with Crippen molar-refractivity contribution in [3.8, 4) is 0 Å². The van der Waals surface area contributed by atoms with Crippen LogP contribution in [0.1, 0.15) is 61.1 Å². The zero-order valence-electron chi connectivity index (χ0n) is 25.6. The molecule has 4 aromatic rings. The van der Waals surface area contributed by atoms with Gasteiger partial charge in [-0.25, -0.2) is 9.97 Å². The molecule has 230 valence electrons. The molecule has 0 saturated heterocycles. The lowest BCUT2D eigenvalue weighted by Gasteiger charge is -2.28. The molecule has 2 unspecified atom stereocenters. The van der Waals surface area contributed by atoms with E-state index in [1.807, 2.05) is 44.3 Å². The fourth-order valence-corrected chi connectivity index (χ4v) is 16.0. The predicted octanol–water partition coefficient (Wildman–Crippen LogP) is 10.1. The molecule has 0 amide bonds. The van der Waals surface area contributed by atoms with Gasteiger partial charge in [0, 0.05) is 26.4 Å². The molecule has 0 fully saturated rings. The summed E-state index contributed by atoms with van der Waals surface area (Å²) >= 11 is 3.61. The van der Waals surface area contributed by atoms with Crippen LogP contribution in [-0.4, -0.2) is 53.5 Å². The Labute approximate surface area is 269 Å². The molecule has 4 rings (SSSR count). The summed E-state index contributed by atoms with van der Waals surface area (Å²) in [5, 5.41) is 2.78. The van der Waals surface area contributed by atoms with Crippen molar-refractivity contribution in [3.05, 3.63) is 58.5 Å². The van der Waals surface area contributed by atoms with Gasteiger partial charge in [-0.15, -0.1) is 22.7 Å². The van der Waals surface area contributed by atoms with Gasteiger partial charge < -0.3 is 17.7 Å². The van der Waals surface area contributed by atoms with Crippen molar-refractivity contribution in [1.29, 1.82) is 0 Å². The number of aromatic nitrogens is 2. The first-order valence-corrected chi connectivity index (χ1v) is 23.9. The molecule has 0 aliphatic heterocycles. The first-order chi connectivity index (χ1) is 20.3. The number of nitrogens with zero attached hydrogens (tertiary/aromatic N) is 2. The summed E-state index contributed by atoms with van der Waals surface area (Å²) in [5.41, 5.74) is 2.14. The third-order valence-corrected chi connectivity index (χ3v) is 18.8. The molecule has 0 bridgehead atoms. The topological polar surface area (TPSA) is 62.7 Å². The van der Waals surface area contributed by atoms with E-state index < -0.39 is 17.1 Å². The second kappa shape index (κ2) is 16.5. The van der Waals surface area contributed by atoms with Crippen molar-refractivity contribution >= 4 is 81.8 Å². The lowest BCUT2D eigenvalue weighted by molar-refractivity contribution is 0.187. The van der Waals surface area contributed by atoms with Gasteiger partial charge in [-0.05, 0) is 90.0 Å². The summed E-state index contributed by atoms with van der Waals surface area (Å²) in [6, 6.07) is 18.7. The number of fused-ring (bicyclic) bond motifs is 2. The second-order valence-corrected chi connectivity index (χ2v) is 21.8. The number of hydrogen-bond donors (Lipinski definition) is 0. The van der Waals surface area contributed by atoms with E-state index in [2.05, 4.69) is 89.3 Å². The Bertz CT molecular complexity index is 1210. The molecule has 42 heavy (non-hydrogen) atoms. The van der Waals surface area contributed by atoms with E-state index in [1.54, 1.807) is 0 Å². The molecule has 0 aliphatic carbocycles. The van der Waals surface area contributed by atoms with Crippen LogP contribution in [-0.2, 0) is 17.7 Å². The number of rotatable bonds is 19. The van der Waals surface area contributed by atoms with Gasteiger partial charge in [-0.1, -0.05) is 45.9 Å². The minimum absolute atomic E-state index is 0.222. The minimum Gasteiger partial charge on any atom is -0.395 e. The van der Waals surface area contributed by atoms with Crippen LogP contribution in [0.4, 0.5) is 0 Å². The summed E-state index contributed by atoms with van der Waals surface area (Å²) in [6.45, 7) is 15.4. The van der Waals surface area contributed by atoms with Crippen LogP contribution in [0.5, 0.6) is 0 Å². The lowest BCUT2D eigenvalue weighted by atomic mass is 10.3. The van der Waals surface area contributed by atoms with Gasteiger partial charge in [0.1, 0.15) is 10.0 Å². The average molecular weight is 681 g/mol. The first kappa shape index (κ1) is 34.1. The van der Waals surface area contributed by atoms with Gasteiger partial charge in [0.15, 0.2) is 0 Å². The SMILES string of the molecule is CCO[Si](C)(CCC(SSC(CC[Si](C)(OCC)OCC)c1nc2ccccc2s1)c1nc2ccccc2s1)OCC. The Balaban J connectivity index is 1.60. The molecular weight excluding hydrogens is 637 g/mol. The van der Waals surface area contributed by atoms with E-state index in [0.717, 1.165) is 36.0 Å². The maximum Gasteiger partial charge on any atom is 0.334 e. The molecule has 0 radical (unpaired) electrons. The Kier molecular flexibility index (Phi) is 13.4. The normalized spacial score (nSPS) is 14.1. The molecule has 2 atom stereocenters. The Morgan fingerprint density at radius 1 is 0.619 bits per heavy atom. The summed E-state index contributed by atoms with van der Waals surface area (Å²) in [4.78, 5) is 10.2. The molecule has 2 heterocycles. The molecule has 0 saturated carbocycles. The molecular formula is C30H44N2O4S4Si2.